The van der Waals surface area contributed by atoms with E-state index in [0.717, 1.165) is 25.9 Å². The van der Waals surface area contributed by atoms with Crippen molar-refractivity contribution in [2.45, 2.75) is 6.54 Å². The van der Waals surface area contributed by atoms with Crippen LogP contribution >= 0.6 is 11.3 Å². The predicted octanol–water partition coefficient (Wildman–Crippen LogP) is 2.08. The molecule has 2 aromatic rings. The highest BCUT2D eigenvalue weighted by atomic mass is 32.2. The molecule has 1 aliphatic rings. The van der Waals surface area contributed by atoms with Crippen molar-refractivity contribution in [1.29, 1.82) is 0 Å². The van der Waals surface area contributed by atoms with Gasteiger partial charge in [0.2, 0.25) is 10.0 Å². The average molecular weight is 380 g/mol. The van der Waals surface area contributed by atoms with Gasteiger partial charge in [0.15, 0.2) is 0 Å². The largest absolute Gasteiger partial charge is 0.336 e. The molecule has 3 rings (SSSR count). The summed E-state index contributed by atoms with van der Waals surface area (Å²) in [6.07, 6.45) is 1.09. The standard InChI is InChI=1S/C17H21N3O3S2/c1-25(22,23)18-15-5-2-4-14(12-15)17(21)20-9-7-19(8-10-20)13-16-6-3-11-24-16/h2-6,11-12,18H,7-10,13H2,1H3. The summed E-state index contributed by atoms with van der Waals surface area (Å²) in [5.41, 5.74) is 0.907. The Morgan fingerprint density at radius 3 is 2.56 bits per heavy atom. The van der Waals surface area contributed by atoms with E-state index in [1.807, 2.05) is 4.90 Å². The number of carbonyl (C=O) groups is 1. The second-order valence-electron chi connectivity index (χ2n) is 6.10. The molecule has 0 spiro atoms. The van der Waals surface area contributed by atoms with Gasteiger partial charge in [-0.2, -0.15) is 0 Å². The van der Waals surface area contributed by atoms with Crippen LogP contribution in [-0.4, -0.2) is 56.6 Å². The number of nitrogens with one attached hydrogen (secondary N) is 1. The van der Waals surface area contributed by atoms with Gasteiger partial charge < -0.3 is 4.90 Å². The zero-order chi connectivity index (χ0) is 17.9. The molecule has 1 saturated heterocycles. The van der Waals surface area contributed by atoms with Gasteiger partial charge in [0.1, 0.15) is 0 Å². The van der Waals surface area contributed by atoms with Crippen LogP contribution in [0.25, 0.3) is 0 Å². The number of rotatable bonds is 5. The van der Waals surface area contributed by atoms with Crippen LogP contribution in [0.2, 0.25) is 0 Å². The zero-order valence-corrected chi connectivity index (χ0v) is 15.6. The van der Waals surface area contributed by atoms with Crippen molar-refractivity contribution in [3.8, 4) is 0 Å². The number of carbonyl (C=O) groups excluding carboxylic acids is 1. The summed E-state index contributed by atoms with van der Waals surface area (Å²) >= 11 is 1.75. The Balaban J connectivity index is 1.60. The van der Waals surface area contributed by atoms with Crippen LogP contribution in [0.3, 0.4) is 0 Å². The maximum atomic E-state index is 12.7. The molecule has 134 valence electrons. The van der Waals surface area contributed by atoms with Crippen molar-refractivity contribution in [3.63, 3.8) is 0 Å². The molecule has 0 saturated carbocycles. The van der Waals surface area contributed by atoms with Crippen LogP contribution in [0.5, 0.6) is 0 Å². The Bertz CT molecular complexity index is 827. The lowest BCUT2D eigenvalue weighted by molar-refractivity contribution is 0.0629. The third-order valence-electron chi connectivity index (χ3n) is 4.03. The first-order valence-corrected chi connectivity index (χ1v) is 10.8. The van der Waals surface area contributed by atoms with E-state index in [2.05, 4.69) is 27.1 Å². The number of anilines is 1. The Morgan fingerprint density at radius 2 is 1.92 bits per heavy atom. The molecule has 6 nitrogen and oxygen atoms in total. The molecule has 1 amide bonds. The lowest BCUT2D eigenvalue weighted by atomic mass is 10.1. The minimum Gasteiger partial charge on any atom is -0.336 e. The van der Waals surface area contributed by atoms with E-state index in [9.17, 15) is 13.2 Å². The molecular formula is C17H21N3O3S2. The fourth-order valence-electron chi connectivity index (χ4n) is 2.84. The molecule has 2 heterocycles. The predicted molar refractivity (Wildman–Crippen MR) is 100 cm³/mol. The molecule has 1 N–H and O–H groups in total. The number of benzene rings is 1. The Kier molecular flexibility index (Phi) is 5.41. The van der Waals surface area contributed by atoms with Gasteiger partial charge in [0.25, 0.3) is 5.91 Å². The number of piperazine rings is 1. The fourth-order valence-corrected chi connectivity index (χ4v) is 4.15. The van der Waals surface area contributed by atoms with Crippen molar-refractivity contribution in [1.82, 2.24) is 9.80 Å². The summed E-state index contributed by atoms with van der Waals surface area (Å²) in [5.74, 6) is -0.0621. The molecule has 8 heteroatoms. The fraction of sp³-hybridized carbons (Fsp3) is 0.353. The van der Waals surface area contributed by atoms with E-state index in [1.54, 1.807) is 35.6 Å². The molecule has 1 aromatic heterocycles. The molecule has 1 fully saturated rings. The monoisotopic (exact) mass is 379 g/mol. The highest BCUT2D eigenvalue weighted by Crippen LogP contribution is 2.17. The third-order valence-corrected chi connectivity index (χ3v) is 5.50. The normalized spacial score (nSPS) is 16.0. The van der Waals surface area contributed by atoms with E-state index in [4.69, 9.17) is 0 Å². The maximum absolute atomic E-state index is 12.7. The van der Waals surface area contributed by atoms with Crippen molar-refractivity contribution in [2.75, 3.05) is 37.2 Å². The van der Waals surface area contributed by atoms with Gasteiger partial charge >= 0.3 is 0 Å². The van der Waals surface area contributed by atoms with Gasteiger partial charge in [-0.25, -0.2) is 8.42 Å². The molecule has 1 aliphatic heterocycles. The Labute approximate surface area is 152 Å². The third kappa shape index (κ3) is 5.04. The van der Waals surface area contributed by atoms with E-state index < -0.39 is 10.0 Å². The van der Waals surface area contributed by atoms with Gasteiger partial charge in [-0.15, -0.1) is 11.3 Å². The summed E-state index contributed by atoms with van der Waals surface area (Å²) in [6.45, 7) is 3.95. The van der Waals surface area contributed by atoms with Crippen LogP contribution < -0.4 is 4.72 Å². The lowest BCUT2D eigenvalue weighted by Crippen LogP contribution is -2.48. The number of hydrogen-bond donors (Lipinski definition) is 1. The topological polar surface area (TPSA) is 69.7 Å². The van der Waals surface area contributed by atoms with Crippen LogP contribution in [0.1, 0.15) is 15.2 Å². The van der Waals surface area contributed by atoms with Gasteiger partial charge in [0.05, 0.1) is 6.26 Å². The quantitative estimate of drug-likeness (QED) is 0.864. The number of hydrogen-bond acceptors (Lipinski definition) is 5. The van der Waals surface area contributed by atoms with Crippen LogP contribution in [0.15, 0.2) is 41.8 Å². The minimum atomic E-state index is -3.36. The van der Waals surface area contributed by atoms with Gasteiger partial charge in [-0.05, 0) is 29.6 Å². The van der Waals surface area contributed by atoms with Crippen LogP contribution in [0.4, 0.5) is 5.69 Å². The number of thiophene rings is 1. The summed E-state index contributed by atoms with van der Waals surface area (Å²) < 4.78 is 25.1. The summed E-state index contributed by atoms with van der Waals surface area (Å²) in [4.78, 5) is 18.2. The van der Waals surface area contributed by atoms with E-state index in [1.165, 1.54) is 4.88 Å². The molecule has 25 heavy (non-hydrogen) atoms. The Morgan fingerprint density at radius 1 is 1.16 bits per heavy atom. The zero-order valence-electron chi connectivity index (χ0n) is 14.0. The molecule has 0 radical (unpaired) electrons. The van der Waals surface area contributed by atoms with Crippen LogP contribution in [-0.2, 0) is 16.6 Å². The first kappa shape index (κ1) is 17.9. The highest BCUT2D eigenvalue weighted by Gasteiger charge is 2.22. The van der Waals surface area contributed by atoms with Crippen molar-refractivity contribution in [2.24, 2.45) is 0 Å². The van der Waals surface area contributed by atoms with Crippen molar-refractivity contribution >= 4 is 33.0 Å². The molecule has 0 bridgehead atoms. The summed E-state index contributed by atoms with van der Waals surface area (Å²) in [5, 5.41) is 2.08. The second kappa shape index (κ2) is 7.55. The van der Waals surface area contributed by atoms with E-state index >= 15 is 0 Å². The van der Waals surface area contributed by atoms with E-state index in [-0.39, 0.29) is 5.91 Å². The molecule has 1 aromatic carbocycles. The SMILES string of the molecule is CS(=O)(=O)Nc1cccc(C(=O)N2CCN(Cc3cccs3)CC2)c1. The van der Waals surface area contributed by atoms with Crippen molar-refractivity contribution < 1.29 is 13.2 Å². The van der Waals surface area contributed by atoms with Gasteiger partial charge in [-0.3, -0.25) is 14.4 Å². The van der Waals surface area contributed by atoms with Gasteiger partial charge in [-0.1, -0.05) is 12.1 Å². The average Bonchev–Trinajstić information content (AvgIpc) is 3.06. The second-order valence-corrected chi connectivity index (χ2v) is 8.88. The van der Waals surface area contributed by atoms with Gasteiger partial charge in [0, 0.05) is 48.9 Å². The first-order chi connectivity index (χ1) is 11.9. The number of amides is 1. The summed E-state index contributed by atoms with van der Waals surface area (Å²) in [7, 11) is -3.36. The summed E-state index contributed by atoms with van der Waals surface area (Å²) in [6, 6.07) is 10.8. The maximum Gasteiger partial charge on any atom is 0.254 e. The smallest absolute Gasteiger partial charge is 0.254 e. The minimum absolute atomic E-state index is 0.0621. The first-order valence-electron chi connectivity index (χ1n) is 8.02. The molecular weight excluding hydrogens is 358 g/mol. The van der Waals surface area contributed by atoms with Crippen LogP contribution in [0, 0.1) is 0 Å². The number of sulfonamides is 1. The number of nitrogens with zero attached hydrogens (tertiary/aromatic N) is 2. The van der Waals surface area contributed by atoms with Crippen molar-refractivity contribution in [3.05, 3.63) is 52.2 Å². The molecule has 0 atom stereocenters. The molecule has 0 unspecified atom stereocenters. The van der Waals surface area contributed by atoms with E-state index in [0.29, 0.717) is 24.3 Å². The Hall–Kier alpha value is -1.90. The lowest BCUT2D eigenvalue weighted by Gasteiger charge is -2.34. The highest BCUT2D eigenvalue weighted by molar-refractivity contribution is 7.92. The molecule has 0 aliphatic carbocycles.